The minimum atomic E-state index is -0.117. The van der Waals surface area contributed by atoms with Gasteiger partial charge in [-0.25, -0.2) is 4.98 Å². The van der Waals surface area contributed by atoms with Crippen LogP contribution < -0.4 is 10.6 Å². The normalized spacial score (nSPS) is 17.6. The second kappa shape index (κ2) is 7.00. The van der Waals surface area contributed by atoms with E-state index in [0.717, 1.165) is 39.1 Å². The number of aromatic nitrogens is 1. The van der Waals surface area contributed by atoms with E-state index >= 15 is 0 Å². The van der Waals surface area contributed by atoms with Crippen LogP contribution in [0.5, 0.6) is 0 Å². The smallest absolute Gasteiger partial charge is 0.244 e. The zero-order valence-electron chi connectivity index (χ0n) is 12.1. The molecule has 2 aromatic rings. The van der Waals surface area contributed by atoms with Crippen LogP contribution in [0.25, 0.3) is 0 Å². The molecule has 2 N–H and O–H groups in total. The molecule has 4 nitrogen and oxygen atoms in total. The number of nitrogens with one attached hydrogen (secondary N) is 2. The third kappa shape index (κ3) is 3.81. The van der Waals surface area contributed by atoms with E-state index < -0.39 is 0 Å². The highest BCUT2D eigenvalue weighted by Crippen LogP contribution is 2.24. The van der Waals surface area contributed by atoms with Crippen LogP contribution in [0.1, 0.15) is 16.0 Å². The molecule has 116 valence electrons. The van der Waals surface area contributed by atoms with Crippen molar-refractivity contribution in [1.82, 2.24) is 10.3 Å². The van der Waals surface area contributed by atoms with E-state index in [4.69, 9.17) is 11.6 Å². The average molecular weight is 354 g/mol. The van der Waals surface area contributed by atoms with Gasteiger partial charge in [0.1, 0.15) is 0 Å². The maximum Gasteiger partial charge on any atom is 0.244 e. The molecule has 1 saturated heterocycles. The number of hydrogen-bond donors (Lipinski definition) is 2. The van der Waals surface area contributed by atoms with Crippen molar-refractivity contribution in [2.24, 2.45) is 0 Å². The number of rotatable bonds is 4. The topological polar surface area (TPSA) is 54.0 Å². The molecule has 0 saturated carbocycles. The molecular weight excluding hydrogens is 338 g/mol. The molecule has 1 aromatic carbocycles. The van der Waals surface area contributed by atoms with Gasteiger partial charge in [0.05, 0.1) is 6.04 Å². The molecule has 0 radical (unpaired) electrons. The van der Waals surface area contributed by atoms with Crippen molar-refractivity contribution in [3.8, 4) is 0 Å². The Kier molecular flexibility index (Phi) is 5.03. The van der Waals surface area contributed by atoms with Crippen LogP contribution in [0.3, 0.4) is 0 Å². The van der Waals surface area contributed by atoms with Gasteiger partial charge in [0.2, 0.25) is 5.91 Å². The Labute approximate surface area is 142 Å². The zero-order chi connectivity index (χ0) is 15.5. The molecule has 0 spiro atoms. The average Bonchev–Trinajstić information content (AvgIpc) is 3.15. The van der Waals surface area contributed by atoms with Gasteiger partial charge < -0.3 is 5.32 Å². The molecule has 1 fully saturated rings. The lowest BCUT2D eigenvalue weighted by atomic mass is 10.1. The number of carbonyl (C=O) groups is 1. The second-order valence-corrected chi connectivity index (χ2v) is 7.71. The summed E-state index contributed by atoms with van der Waals surface area (Å²) >= 11 is 9.38. The number of hydrogen-bond acceptors (Lipinski definition) is 5. The van der Waals surface area contributed by atoms with Crippen molar-refractivity contribution in [3.63, 3.8) is 0 Å². The van der Waals surface area contributed by atoms with Crippen molar-refractivity contribution in [2.45, 2.75) is 19.4 Å². The fourth-order valence-corrected chi connectivity index (χ4v) is 4.15. The van der Waals surface area contributed by atoms with Gasteiger partial charge in [-0.1, -0.05) is 23.7 Å². The number of halogens is 1. The van der Waals surface area contributed by atoms with Gasteiger partial charge >= 0.3 is 0 Å². The number of nitrogens with zero attached hydrogens (tertiary/aromatic N) is 1. The summed E-state index contributed by atoms with van der Waals surface area (Å²) in [5.74, 6) is 1.63. The summed E-state index contributed by atoms with van der Waals surface area (Å²) in [5, 5.41) is 7.45. The van der Waals surface area contributed by atoms with Crippen LogP contribution in [0, 0.1) is 6.92 Å². The quantitative estimate of drug-likeness (QED) is 0.885. The van der Waals surface area contributed by atoms with Crippen molar-refractivity contribution in [2.75, 3.05) is 16.9 Å². The van der Waals surface area contributed by atoms with E-state index in [1.807, 2.05) is 25.3 Å². The zero-order valence-corrected chi connectivity index (χ0v) is 14.4. The summed E-state index contributed by atoms with van der Waals surface area (Å²) in [6.45, 7) is 1.99. The number of benzene rings is 1. The Bertz CT molecular complexity index is 683. The number of aryl methyl sites for hydroxylation is 1. The molecule has 0 bridgehead atoms. The molecule has 1 aliphatic heterocycles. The molecule has 22 heavy (non-hydrogen) atoms. The van der Waals surface area contributed by atoms with Crippen molar-refractivity contribution in [3.05, 3.63) is 45.4 Å². The lowest BCUT2D eigenvalue weighted by Crippen LogP contribution is -2.37. The Hall–Kier alpha value is -1.08. The fraction of sp³-hybridized carbons (Fsp3) is 0.333. The molecule has 1 atom stereocenters. The van der Waals surface area contributed by atoms with E-state index in [-0.39, 0.29) is 11.9 Å². The van der Waals surface area contributed by atoms with Gasteiger partial charge in [0.25, 0.3) is 0 Å². The highest BCUT2D eigenvalue weighted by molar-refractivity contribution is 7.99. The summed E-state index contributed by atoms with van der Waals surface area (Å²) in [5.41, 5.74) is 2.22. The van der Waals surface area contributed by atoms with E-state index in [0.29, 0.717) is 5.13 Å². The summed E-state index contributed by atoms with van der Waals surface area (Å²) in [6, 6.07) is 5.95. The van der Waals surface area contributed by atoms with Crippen LogP contribution in [0.15, 0.2) is 24.4 Å². The van der Waals surface area contributed by atoms with Gasteiger partial charge in [0, 0.05) is 34.1 Å². The minimum absolute atomic E-state index is 0.00993. The predicted molar refractivity (Wildman–Crippen MR) is 94.0 cm³/mol. The van der Waals surface area contributed by atoms with E-state index in [1.54, 1.807) is 11.8 Å². The predicted octanol–water partition coefficient (Wildman–Crippen LogP) is 3.30. The first-order valence-corrected chi connectivity index (χ1v) is 9.28. The monoisotopic (exact) mass is 353 g/mol. The summed E-state index contributed by atoms with van der Waals surface area (Å²) < 4.78 is 0. The van der Waals surface area contributed by atoms with Gasteiger partial charge in [-0.3, -0.25) is 10.1 Å². The van der Waals surface area contributed by atoms with Crippen LogP contribution in [-0.4, -0.2) is 28.6 Å². The number of thioether (sulfide) groups is 1. The molecule has 1 amide bonds. The van der Waals surface area contributed by atoms with Crippen molar-refractivity contribution >= 4 is 45.7 Å². The maximum atomic E-state index is 12.0. The Balaban J connectivity index is 1.63. The van der Waals surface area contributed by atoms with Gasteiger partial charge in [0.15, 0.2) is 5.13 Å². The molecule has 0 aliphatic carbocycles. The molecule has 1 aromatic heterocycles. The molecule has 1 unspecified atom stereocenters. The fourth-order valence-electron chi connectivity index (χ4n) is 2.15. The van der Waals surface area contributed by atoms with Gasteiger partial charge in [-0.15, -0.1) is 23.1 Å². The first-order valence-electron chi connectivity index (χ1n) is 6.93. The largest absolute Gasteiger partial charge is 0.301 e. The SMILES string of the molecule is Cc1ccc(Cc2cnc(NC(=O)C3CSCN3)s2)cc1Cl. The highest BCUT2D eigenvalue weighted by atomic mass is 35.5. The molecule has 3 rings (SSSR count). The van der Waals surface area contributed by atoms with Crippen molar-refractivity contribution in [1.29, 1.82) is 0 Å². The van der Waals surface area contributed by atoms with Gasteiger partial charge in [-0.05, 0) is 24.1 Å². The maximum absolute atomic E-state index is 12.0. The van der Waals surface area contributed by atoms with Crippen LogP contribution in [0.4, 0.5) is 5.13 Å². The molecular formula is C15H16ClN3OS2. The molecule has 2 heterocycles. The summed E-state index contributed by atoms with van der Waals surface area (Å²) in [6.07, 6.45) is 2.58. The van der Waals surface area contributed by atoms with Crippen molar-refractivity contribution < 1.29 is 4.79 Å². The van der Waals surface area contributed by atoms with E-state index in [1.165, 1.54) is 11.3 Å². The van der Waals surface area contributed by atoms with Gasteiger partial charge in [-0.2, -0.15) is 0 Å². The first kappa shape index (κ1) is 15.8. The van der Waals surface area contributed by atoms with Crippen LogP contribution >= 0.6 is 34.7 Å². The lowest BCUT2D eigenvalue weighted by Gasteiger charge is -2.07. The standard InChI is InChI=1S/C15H16ClN3OS2/c1-9-2-3-10(5-12(9)16)4-11-6-17-15(22-11)19-14(20)13-7-21-8-18-13/h2-3,5-6,13,18H,4,7-8H2,1H3,(H,17,19,20). The van der Waals surface area contributed by atoms with Crippen LogP contribution in [-0.2, 0) is 11.2 Å². The van der Waals surface area contributed by atoms with E-state index in [9.17, 15) is 4.79 Å². The Morgan fingerprint density at radius 3 is 3.14 bits per heavy atom. The highest BCUT2D eigenvalue weighted by Gasteiger charge is 2.23. The number of thiazole rings is 1. The summed E-state index contributed by atoms with van der Waals surface area (Å²) in [7, 11) is 0. The molecule has 7 heteroatoms. The second-order valence-electron chi connectivity index (χ2n) is 5.15. The molecule has 1 aliphatic rings. The third-order valence-electron chi connectivity index (χ3n) is 3.43. The Morgan fingerprint density at radius 1 is 1.55 bits per heavy atom. The minimum Gasteiger partial charge on any atom is -0.301 e. The first-order chi connectivity index (χ1) is 10.6. The Morgan fingerprint density at radius 2 is 2.41 bits per heavy atom. The number of amides is 1. The van der Waals surface area contributed by atoms with Crippen LogP contribution in [0.2, 0.25) is 5.02 Å². The third-order valence-corrected chi connectivity index (χ3v) is 5.69. The summed E-state index contributed by atoms with van der Waals surface area (Å²) in [4.78, 5) is 17.4. The lowest BCUT2D eigenvalue weighted by molar-refractivity contribution is -0.117. The van der Waals surface area contributed by atoms with E-state index in [2.05, 4.69) is 21.7 Å². The number of anilines is 1. The number of carbonyl (C=O) groups excluding carboxylic acids is 1.